The highest BCUT2D eigenvalue weighted by molar-refractivity contribution is 9.10. The molecular formula is C13H8BrCl3O. The van der Waals surface area contributed by atoms with Crippen molar-refractivity contribution in [1.29, 1.82) is 0 Å². The van der Waals surface area contributed by atoms with Crippen LogP contribution in [-0.4, -0.2) is 5.11 Å². The van der Waals surface area contributed by atoms with Gasteiger partial charge in [-0.1, -0.05) is 59.1 Å². The molecule has 0 fully saturated rings. The van der Waals surface area contributed by atoms with Gasteiger partial charge in [-0.3, -0.25) is 0 Å². The van der Waals surface area contributed by atoms with E-state index >= 15 is 0 Å². The molecule has 2 aromatic rings. The summed E-state index contributed by atoms with van der Waals surface area (Å²) >= 11 is 21.5. The van der Waals surface area contributed by atoms with Gasteiger partial charge >= 0.3 is 0 Å². The van der Waals surface area contributed by atoms with Crippen molar-refractivity contribution in [2.45, 2.75) is 6.10 Å². The zero-order valence-corrected chi connectivity index (χ0v) is 12.9. The van der Waals surface area contributed by atoms with Crippen molar-refractivity contribution in [2.24, 2.45) is 0 Å². The third kappa shape index (κ3) is 2.68. The number of halogens is 4. The van der Waals surface area contributed by atoms with Crippen LogP contribution < -0.4 is 0 Å². The molecule has 2 rings (SSSR count). The van der Waals surface area contributed by atoms with Crippen molar-refractivity contribution in [3.63, 3.8) is 0 Å². The molecule has 0 aliphatic carbocycles. The number of hydrogen-bond acceptors (Lipinski definition) is 1. The van der Waals surface area contributed by atoms with Crippen molar-refractivity contribution in [2.75, 3.05) is 0 Å². The fraction of sp³-hybridized carbons (Fsp3) is 0.0769. The number of rotatable bonds is 2. The minimum atomic E-state index is -0.916. The predicted octanol–water partition coefficient (Wildman–Crippen LogP) is 5.49. The molecule has 0 spiro atoms. The standard InChI is InChI=1S/C13H8BrCl3O/c14-9-5-1-3-7(11(9)16)13(18)8-4-2-6-10(15)12(8)17/h1-6,13,18H. The summed E-state index contributed by atoms with van der Waals surface area (Å²) in [5, 5.41) is 11.6. The molecule has 0 saturated heterocycles. The molecule has 0 aliphatic rings. The normalized spacial score (nSPS) is 12.5. The quantitative estimate of drug-likeness (QED) is 0.745. The third-order valence-electron chi connectivity index (χ3n) is 2.55. The van der Waals surface area contributed by atoms with Gasteiger partial charge < -0.3 is 5.11 Å². The van der Waals surface area contributed by atoms with Gasteiger partial charge in [0.25, 0.3) is 0 Å². The molecule has 1 unspecified atom stereocenters. The van der Waals surface area contributed by atoms with Crippen LogP contribution in [0.3, 0.4) is 0 Å². The maximum atomic E-state index is 10.4. The molecule has 0 heterocycles. The molecule has 5 heteroatoms. The second-order valence-electron chi connectivity index (χ2n) is 3.69. The summed E-state index contributed by atoms with van der Waals surface area (Å²) in [5.74, 6) is 0. The Hall–Kier alpha value is -0.250. The predicted molar refractivity (Wildman–Crippen MR) is 79.7 cm³/mol. The highest BCUT2D eigenvalue weighted by Gasteiger charge is 2.18. The van der Waals surface area contributed by atoms with Crippen molar-refractivity contribution in [1.82, 2.24) is 0 Å². The summed E-state index contributed by atoms with van der Waals surface area (Å²) in [6.07, 6.45) is -0.916. The lowest BCUT2D eigenvalue weighted by atomic mass is 10.0. The number of benzene rings is 2. The molecule has 18 heavy (non-hydrogen) atoms. The zero-order valence-electron chi connectivity index (χ0n) is 9.00. The molecule has 1 nitrogen and oxygen atoms in total. The molecule has 0 bridgehead atoms. The Balaban J connectivity index is 2.51. The van der Waals surface area contributed by atoms with Crippen LogP contribution in [0.4, 0.5) is 0 Å². The number of aliphatic hydroxyl groups is 1. The lowest BCUT2D eigenvalue weighted by Crippen LogP contribution is -2.01. The van der Waals surface area contributed by atoms with Crippen LogP contribution in [0.2, 0.25) is 15.1 Å². The molecule has 0 amide bonds. The maximum Gasteiger partial charge on any atom is 0.107 e. The molecule has 94 valence electrons. The van der Waals surface area contributed by atoms with Crippen LogP contribution >= 0.6 is 50.7 Å². The topological polar surface area (TPSA) is 20.2 Å². The number of hydrogen-bond donors (Lipinski definition) is 1. The first-order valence-electron chi connectivity index (χ1n) is 5.08. The SMILES string of the molecule is OC(c1cccc(Cl)c1Cl)c1cccc(Br)c1Cl. The fourth-order valence-electron chi connectivity index (χ4n) is 1.63. The average Bonchev–Trinajstić information content (AvgIpc) is 2.35. The maximum absolute atomic E-state index is 10.4. The minimum absolute atomic E-state index is 0.336. The Morgan fingerprint density at radius 1 is 0.889 bits per heavy atom. The Bertz CT molecular complexity index is 535. The minimum Gasteiger partial charge on any atom is -0.384 e. The van der Waals surface area contributed by atoms with Crippen molar-refractivity contribution in [3.8, 4) is 0 Å². The lowest BCUT2D eigenvalue weighted by molar-refractivity contribution is 0.220. The summed E-state index contributed by atoms with van der Waals surface area (Å²) < 4.78 is 0.721. The van der Waals surface area contributed by atoms with E-state index in [2.05, 4.69) is 15.9 Å². The van der Waals surface area contributed by atoms with Crippen LogP contribution in [0.1, 0.15) is 17.2 Å². The molecule has 1 atom stereocenters. The third-order valence-corrected chi connectivity index (χ3v) is 4.70. The molecule has 1 N–H and O–H groups in total. The highest BCUT2D eigenvalue weighted by Crippen LogP contribution is 2.37. The Morgan fingerprint density at radius 2 is 1.44 bits per heavy atom. The van der Waals surface area contributed by atoms with Crippen molar-refractivity contribution in [3.05, 3.63) is 67.1 Å². The molecule has 0 aliphatic heterocycles. The van der Waals surface area contributed by atoms with E-state index in [9.17, 15) is 5.11 Å². The second-order valence-corrected chi connectivity index (χ2v) is 5.71. The van der Waals surface area contributed by atoms with E-state index in [4.69, 9.17) is 34.8 Å². The van der Waals surface area contributed by atoms with Crippen molar-refractivity contribution < 1.29 is 5.11 Å². The van der Waals surface area contributed by atoms with Gasteiger partial charge in [-0.15, -0.1) is 0 Å². The summed E-state index contributed by atoms with van der Waals surface area (Å²) in [4.78, 5) is 0. The summed E-state index contributed by atoms with van der Waals surface area (Å²) in [6.45, 7) is 0. The molecule has 0 aromatic heterocycles. The van der Waals surface area contributed by atoms with Crippen LogP contribution in [0, 0.1) is 0 Å². The lowest BCUT2D eigenvalue weighted by Gasteiger charge is -2.15. The first-order chi connectivity index (χ1) is 8.52. The van der Waals surface area contributed by atoms with Gasteiger partial charge in [0.1, 0.15) is 6.10 Å². The van der Waals surface area contributed by atoms with Gasteiger partial charge in [-0.2, -0.15) is 0 Å². The van der Waals surface area contributed by atoms with Gasteiger partial charge in [0.15, 0.2) is 0 Å². The molecular weight excluding hydrogens is 358 g/mol. The highest BCUT2D eigenvalue weighted by atomic mass is 79.9. The van der Waals surface area contributed by atoms with E-state index in [1.54, 1.807) is 36.4 Å². The first kappa shape index (κ1) is 14.2. The van der Waals surface area contributed by atoms with Crippen molar-refractivity contribution >= 4 is 50.7 Å². The van der Waals surface area contributed by atoms with Gasteiger partial charge in [-0.25, -0.2) is 0 Å². The molecule has 0 saturated carbocycles. The van der Waals surface area contributed by atoms with Crippen LogP contribution in [0.5, 0.6) is 0 Å². The second kappa shape index (κ2) is 5.81. The summed E-state index contributed by atoms with van der Waals surface area (Å²) in [5.41, 5.74) is 1.11. The zero-order chi connectivity index (χ0) is 13.3. The summed E-state index contributed by atoms with van der Waals surface area (Å²) in [7, 11) is 0. The van der Waals surface area contributed by atoms with E-state index in [1.807, 2.05) is 0 Å². The first-order valence-corrected chi connectivity index (χ1v) is 7.01. The van der Waals surface area contributed by atoms with Gasteiger partial charge in [-0.05, 0) is 28.1 Å². The fourth-order valence-corrected chi connectivity index (χ4v) is 2.65. The Labute approximate surface area is 128 Å². The van der Waals surface area contributed by atoms with E-state index in [1.165, 1.54) is 0 Å². The van der Waals surface area contributed by atoms with E-state index < -0.39 is 6.10 Å². The van der Waals surface area contributed by atoms with Crippen LogP contribution in [-0.2, 0) is 0 Å². The smallest absolute Gasteiger partial charge is 0.107 e. The van der Waals surface area contributed by atoms with Gasteiger partial charge in [0.2, 0.25) is 0 Å². The van der Waals surface area contributed by atoms with Crippen LogP contribution in [0.25, 0.3) is 0 Å². The molecule has 2 aromatic carbocycles. The number of aliphatic hydroxyl groups excluding tert-OH is 1. The monoisotopic (exact) mass is 364 g/mol. The van der Waals surface area contributed by atoms with Gasteiger partial charge in [0.05, 0.1) is 15.1 Å². The molecule has 0 radical (unpaired) electrons. The van der Waals surface area contributed by atoms with Gasteiger partial charge in [0, 0.05) is 15.6 Å². The summed E-state index contributed by atoms with van der Waals surface area (Å²) in [6, 6.07) is 10.5. The van der Waals surface area contributed by atoms with E-state index in [-0.39, 0.29) is 0 Å². The largest absolute Gasteiger partial charge is 0.384 e. The van der Waals surface area contributed by atoms with E-state index in [0.29, 0.717) is 26.2 Å². The Kier molecular flexibility index (Phi) is 4.57. The Morgan fingerprint density at radius 3 is 2.11 bits per heavy atom. The van der Waals surface area contributed by atoms with E-state index in [0.717, 1.165) is 4.47 Å². The average molecular weight is 366 g/mol. The van der Waals surface area contributed by atoms with Crippen LogP contribution in [0.15, 0.2) is 40.9 Å².